The molecular weight excluding hydrogens is 160 g/mol. The van der Waals surface area contributed by atoms with Gasteiger partial charge in [-0.2, -0.15) is 0 Å². The zero-order valence-corrected chi connectivity index (χ0v) is 6.19. The Balaban J connectivity index is 2.42. The van der Waals surface area contributed by atoms with Gasteiger partial charge in [-0.1, -0.05) is 0 Å². The molecule has 1 aliphatic rings. The van der Waals surface area contributed by atoms with Crippen LogP contribution in [-0.2, 0) is 0 Å². The molecule has 0 aromatic carbocycles. The number of carboxylic acid groups (broad SMARTS) is 1. The summed E-state index contributed by atoms with van der Waals surface area (Å²) in [6.45, 7) is 0.122. The van der Waals surface area contributed by atoms with E-state index in [1.165, 1.54) is 0 Å². The molecule has 1 aromatic rings. The van der Waals surface area contributed by atoms with Crippen molar-refractivity contribution in [1.29, 1.82) is 0 Å². The lowest BCUT2D eigenvalue weighted by atomic mass is 10.3. The maximum atomic E-state index is 10.6. The van der Waals surface area contributed by atoms with Gasteiger partial charge in [0.05, 0.1) is 17.9 Å². The van der Waals surface area contributed by atoms with E-state index in [-0.39, 0.29) is 6.54 Å². The molecular formula is C7H8N2O3. The summed E-state index contributed by atoms with van der Waals surface area (Å²) in [6, 6.07) is 1.64. The number of nitrogens with zero attached hydrogens (tertiary/aromatic N) is 1. The molecule has 0 radical (unpaired) electrons. The zero-order valence-electron chi connectivity index (χ0n) is 6.19. The standard InChI is InChI=1S/C7H8N2O3/c10-5-3-9(7(11)12)4-1-2-8-6(4)5/h1-2,5,8,10H,3H2,(H,11,12). The molecule has 2 heterocycles. The summed E-state index contributed by atoms with van der Waals surface area (Å²) in [5.41, 5.74) is 1.13. The molecule has 1 aliphatic heterocycles. The molecule has 0 bridgehead atoms. The van der Waals surface area contributed by atoms with Gasteiger partial charge in [-0.25, -0.2) is 4.79 Å². The number of amides is 1. The van der Waals surface area contributed by atoms with Gasteiger partial charge in [0.15, 0.2) is 0 Å². The van der Waals surface area contributed by atoms with Crippen LogP contribution in [0.4, 0.5) is 10.5 Å². The van der Waals surface area contributed by atoms with Gasteiger partial charge in [-0.15, -0.1) is 0 Å². The van der Waals surface area contributed by atoms with Crippen molar-refractivity contribution < 1.29 is 15.0 Å². The van der Waals surface area contributed by atoms with E-state index in [1.807, 2.05) is 0 Å². The highest BCUT2D eigenvalue weighted by atomic mass is 16.4. The van der Waals surface area contributed by atoms with Gasteiger partial charge in [0, 0.05) is 6.20 Å². The molecule has 5 nitrogen and oxygen atoms in total. The maximum absolute atomic E-state index is 10.6. The Morgan fingerprint density at radius 3 is 3.17 bits per heavy atom. The Kier molecular flexibility index (Phi) is 1.34. The van der Waals surface area contributed by atoms with Crippen LogP contribution in [0.3, 0.4) is 0 Å². The largest absolute Gasteiger partial charge is 0.465 e. The third-order valence-corrected chi connectivity index (χ3v) is 1.97. The maximum Gasteiger partial charge on any atom is 0.411 e. The summed E-state index contributed by atoms with van der Waals surface area (Å²) in [4.78, 5) is 14.5. The molecule has 64 valence electrons. The number of hydrogen-bond acceptors (Lipinski definition) is 2. The van der Waals surface area contributed by atoms with Crippen molar-refractivity contribution in [2.24, 2.45) is 0 Å². The molecule has 0 spiro atoms. The molecule has 2 rings (SSSR count). The first-order chi connectivity index (χ1) is 5.70. The predicted molar refractivity (Wildman–Crippen MR) is 41.1 cm³/mol. The second-order valence-corrected chi connectivity index (χ2v) is 2.69. The number of hydrogen-bond donors (Lipinski definition) is 3. The van der Waals surface area contributed by atoms with Crippen molar-refractivity contribution in [3.05, 3.63) is 18.0 Å². The molecule has 0 fully saturated rings. The second-order valence-electron chi connectivity index (χ2n) is 2.69. The molecule has 1 amide bonds. The Morgan fingerprint density at radius 1 is 1.75 bits per heavy atom. The normalized spacial score (nSPS) is 21.1. The van der Waals surface area contributed by atoms with Crippen molar-refractivity contribution in [3.8, 4) is 0 Å². The lowest BCUT2D eigenvalue weighted by Crippen LogP contribution is -2.27. The number of β-amino-alcohol motifs (C(OH)–C–C–N with tert-alkyl or cyclic N) is 1. The number of H-pyrrole nitrogens is 1. The van der Waals surface area contributed by atoms with Gasteiger partial charge in [0.2, 0.25) is 0 Å². The summed E-state index contributed by atoms with van der Waals surface area (Å²) >= 11 is 0. The first-order valence-corrected chi connectivity index (χ1v) is 3.56. The van der Waals surface area contributed by atoms with Crippen molar-refractivity contribution >= 4 is 11.8 Å². The minimum Gasteiger partial charge on any atom is -0.465 e. The van der Waals surface area contributed by atoms with E-state index in [0.717, 1.165) is 4.90 Å². The fraction of sp³-hybridized carbons (Fsp3) is 0.286. The highest BCUT2D eigenvalue weighted by molar-refractivity contribution is 5.88. The van der Waals surface area contributed by atoms with Crippen LogP contribution in [0, 0.1) is 0 Å². The van der Waals surface area contributed by atoms with Crippen LogP contribution in [0.25, 0.3) is 0 Å². The van der Waals surface area contributed by atoms with Crippen molar-refractivity contribution in [2.45, 2.75) is 6.10 Å². The quantitative estimate of drug-likeness (QED) is 0.529. The van der Waals surface area contributed by atoms with Crippen LogP contribution in [0.5, 0.6) is 0 Å². The fourth-order valence-corrected chi connectivity index (χ4v) is 1.42. The molecule has 1 atom stereocenters. The van der Waals surface area contributed by atoms with Gasteiger partial charge >= 0.3 is 6.09 Å². The molecule has 5 heteroatoms. The first-order valence-electron chi connectivity index (χ1n) is 3.56. The van der Waals surface area contributed by atoms with E-state index in [0.29, 0.717) is 11.4 Å². The Labute approximate surface area is 68.2 Å². The molecule has 1 aromatic heterocycles. The van der Waals surface area contributed by atoms with Crippen LogP contribution in [0.1, 0.15) is 11.8 Å². The van der Waals surface area contributed by atoms with E-state index in [2.05, 4.69) is 4.98 Å². The monoisotopic (exact) mass is 168 g/mol. The van der Waals surface area contributed by atoms with Gasteiger partial charge < -0.3 is 15.2 Å². The first kappa shape index (κ1) is 7.17. The lowest BCUT2D eigenvalue weighted by Gasteiger charge is -2.10. The van der Waals surface area contributed by atoms with Crippen LogP contribution in [0.2, 0.25) is 0 Å². The number of aliphatic hydroxyl groups is 1. The minimum atomic E-state index is -1.03. The van der Waals surface area contributed by atoms with Crippen molar-refractivity contribution in [3.63, 3.8) is 0 Å². The SMILES string of the molecule is O=C(O)N1CC(O)c2[nH]ccc21. The van der Waals surface area contributed by atoms with E-state index in [4.69, 9.17) is 5.11 Å². The van der Waals surface area contributed by atoms with Gasteiger partial charge in [-0.05, 0) is 6.07 Å². The van der Waals surface area contributed by atoms with E-state index < -0.39 is 12.2 Å². The third kappa shape index (κ3) is 0.799. The van der Waals surface area contributed by atoms with Crippen molar-refractivity contribution in [1.82, 2.24) is 4.98 Å². The van der Waals surface area contributed by atoms with Crippen LogP contribution in [0.15, 0.2) is 12.3 Å². The number of rotatable bonds is 0. The highest BCUT2D eigenvalue weighted by Crippen LogP contribution is 2.33. The summed E-state index contributed by atoms with van der Waals surface area (Å²) in [6.07, 6.45) is -0.137. The van der Waals surface area contributed by atoms with Crippen LogP contribution >= 0.6 is 0 Å². The van der Waals surface area contributed by atoms with E-state index >= 15 is 0 Å². The van der Waals surface area contributed by atoms with Gasteiger partial charge in [0.1, 0.15) is 6.10 Å². The average Bonchev–Trinajstić information content (AvgIpc) is 2.53. The number of anilines is 1. The summed E-state index contributed by atoms with van der Waals surface area (Å²) in [5.74, 6) is 0. The number of aliphatic hydroxyl groups excluding tert-OH is 1. The smallest absolute Gasteiger partial charge is 0.411 e. The Bertz CT molecular complexity index is 320. The van der Waals surface area contributed by atoms with Crippen LogP contribution < -0.4 is 4.90 Å². The molecule has 0 aliphatic carbocycles. The number of aromatic amines is 1. The molecule has 0 saturated carbocycles. The molecule has 3 N–H and O–H groups in total. The minimum absolute atomic E-state index is 0.122. The number of fused-ring (bicyclic) bond motifs is 1. The third-order valence-electron chi connectivity index (χ3n) is 1.97. The second kappa shape index (κ2) is 2.25. The average molecular weight is 168 g/mol. The molecule has 1 unspecified atom stereocenters. The summed E-state index contributed by atoms with van der Waals surface area (Å²) in [7, 11) is 0. The number of carbonyl (C=O) groups is 1. The topological polar surface area (TPSA) is 76.6 Å². The molecule has 12 heavy (non-hydrogen) atoms. The fourth-order valence-electron chi connectivity index (χ4n) is 1.42. The number of nitrogens with one attached hydrogen (secondary N) is 1. The number of aromatic nitrogens is 1. The predicted octanol–water partition coefficient (Wildman–Crippen LogP) is 0.546. The van der Waals surface area contributed by atoms with E-state index in [9.17, 15) is 9.90 Å². The van der Waals surface area contributed by atoms with E-state index in [1.54, 1.807) is 12.3 Å². The Morgan fingerprint density at radius 2 is 2.50 bits per heavy atom. The Hall–Kier alpha value is -1.49. The van der Waals surface area contributed by atoms with Gasteiger partial charge in [-0.3, -0.25) is 4.90 Å². The van der Waals surface area contributed by atoms with Crippen LogP contribution in [-0.4, -0.2) is 27.8 Å². The zero-order chi connectivity index (χ0) is 8.72. The van der Waals surface area contributed by atoms with Crippen molar-refractivity contribution in [2.75, 3.05) is 11.4 Å². The molecule has 0 saturated heterocycles. The highest BCUT2D eigenvalue weighted by Gasteiger charge is 2.31. The van der Waals surface area contributed by atoms with Gasteiger partial charge in [0.25, 0.3) is 0 Å². The lowest BCUT2D eigenvalue weighted by molar-refractivity contribution is 0.178. The summed E-state index contributed by atoms with van der Waals surface area (Å²) < 4.78 is 0. The summed E-state index contributed by atoms with van der Waals surface area (Å²) in [5, 5.41) is 18.1.